The summed E-state index contributed by atoms with van der Waals surface area (Å²) in [6, 6.07) is 13.4. The molecule has 0 aromatic heterocycles. The zero-order valence-corrected chi connectivity index (χ0v) is 14.1. The van der Waals surface area contributed by atoms with Crippen LogP contribution in [0.25, 0.3) is 0 Å². The largest absolute Gasteiger partial charge is 0.387 e. The Labute approximate surface area is 137 Å². The van der Waals surface area contributed by atoms with Crippen molar-refractivity contribution in [2.24, 2.45) is 0 Å². The van der Waals surface area contributed by atoms with Crippen molar-refractivity contribution in [2.75, 3.05) is 25.5 Å². The Morgan fingerprint density at radius 1 is 1.13 bits per heavy atom. The number of carbonyl (C=O) groups is 1. The van der Waals surface area contributed by atoms with Gasteiger partial charge in [0.05, 0.1) is 6.10 Å². The maximum absolute atomic E-state index is 12.2. The van der Waals surface area contributed by atoms with Crippen molar-refractivity contribution in [3.63, 3.8) is 0 Å². The van der Waals surface area contributed by atoms with E-state index in [1.165, 1.54) is 0 Å². The molecular formula is C19H24N2O2. The maximum atomic E-state index is 12.2. The second kappa shape index (κ2) is 7.29. The fraction of sp³-hybridized carbons (Fsp3) is 0.316. The Balaban J connectivity index is 1.98. The fourth-order valence-electron chi connectivity index (χ4n) is 2.47. The molecule has 0 saturated carbocycles. The number of aryl methyl sites for hydroxylation is 2. The molecule has 2 aromatic rings. The monoisotopic (exact) mass is 312 g/mol. The lowest BCUT2D eigenvalue weighted by atomic mass is 10.0. The molecule has 0 radical (unpaired) electrons. The number of rotatable bonds is 5. The summed E-state index contributed by atoms with van der Waals surface area (Å²) in [7, 11) is 3.94. The second-order valence-corrected chi connectivity index (χ2v) is 6.03. The van der Waals surface area contributed by atoms with Gasteiger partial charge in [-0.2, -0.15) is 0 Å². The molecular weight excluding hydrogens is 288 g/mol. The Hall–Kier alpha value is -2.33. The highest BCUT2D eigenvalue weighted by molar-refractivity contribution is 5.95. The molecule has 2 N–H and O–H groups in total. The number of anilines is 1. The third-order valence-corrected chi connectivity index (χ3v) is 3.88. The average molecular weight is 312 g/mol. The van der Waals surface area contributed by atoms with Crippen LogP contribution < -0.4 is 10.2 Å². The Kier molecular flexibility index (Phi) is 5.40. The van der Waals surface area contributed by atoms with E-state index in [0.717, 1.165) is 22.4 Å². The van der Waals surface area contributed by atoms with E-state index in [4.69, 9.17) is 0 Å². The van der Waals surface area contributed by atoms with Gasteiger partial charge in [-0.1, -0.05) is 29.8 Å². The van der Waals surface area contributed by atoms with E-state index < -0.39 is 6.10 Å². The minimum absolute atomic E-state index is 0.161. The van der Waals surface area contributed by atoms with Crippen molar-refractivity contribution in [1.29, 1.82) is 0 Å². The molecule has 122 valence electrons. The number of carbonyl (C=O) groups excluding carboxylic acids is 1. The minimum atomic E-state index is -0.721. The fourth-order valence-corrected chi connectivity index (χ4v) is 2.47. The molecule has 2 rings (SSSR count). The second-order valence-electron chi connectivity index (χ2n) is 6.03. The molecule has 0 aliphatic rings. The first-order valence-electron chi connectivity index (χ1n) is 7.69. The zero-order chi connectivity index (χ0) is 17.0. The van der Waals surface area contributed by atoms with Gasteiger partial charge >= 0.3 is 0 Å². The van der Waals surface area contributed by atoms with Crippen LogP contribution in [0.15, 0.2) is 42.5 Å². The van der Waals surface area contributed by atoms with Crippen LogP contribution in [-0.2, 0) is 0 Å². The van der Waals surface area contributed by atoms with Gasteiger partial charge in [0.15, 0.2) is 0 Å². The van der Waals surface area contributed by atoms with Crippen LogP contribution in [0.3, 0.4) is 0 Å². The topological polar surface area (TPSA) is 52.6 Å². The third kappa shape index (κ3) is 4.33. The standard InChI is InChI=1S/C19H24N2O2/c1-13-5-10-17(14(2)11-13)19(23)20-12-18(22)15-6-8-16(9-7-15)21(3)4/h5-11,18,22H,12H2,1-4H3,(H,20,23). The highest BCUT2D eigenvalue weighted by Gasteiger charge is 2.12. The van der Waals surface area contributed by atoms with Crippen molar-refractivity contribution in [1.82, 2.24) is 5.32 Å². The predicted molar refractivity (Wildman–Crippen MR) is 94.0 cm³/mol. The Bertz CT molecular complexity index is 678. The van der Waals surface area contributed by atoms with Crippen LogP contribution in [0.4, 0.5) is 5.69 Å². The van der Waals surface area contributed by atoms with E-state index in [2.05, 4.69) is 5.32 Å². The molecule has 0 saturated heterocycles. The maximum Gasteiger partial charge on any atom is 0.251 e. The van der Waals surface area contributed by atoms with Crippen molar-refractivity contribution >= 4 is 11.6 Å². The number of amides is 1. The number of benzene rings is 2. The van der Waals surface area contributed by atoms with E-state index in [1.54, 1.807) is 0 Å². The molecule has 0 bridgehead atoms. The van der Waals surface area contributed by atoms with Gasteiger partial charge in [0.2, 0.25) is 0 Å². The average Bonchev–Trinajstić information content (AvgIpc) is 2.52. The molecule has 1 unspecified atom stereocenters. The quantitative estimate of drug-likeness (QED) is 0.892. The minimum Gasteiger partial charge on any atom is -0.387 e. The number of nitrogens with one attached hydrogen (secondary N) is 1. The lowest BCUT2D eigenvalue weighted by molar-refractivity contribution is 0.0915. The van der Waals surface area contributed by atoms with Gasteiger partial charge in [-0.15, -0.1) is 0 Å². The van der Waals surface area contributed by atoms with E-state index in [-0.39, 0.29) is 12.5 Å². The summed E-state index contributed by atoms with van der Waals surface area (Å²) in [5.74, 6) is -0.161. The van der Waals surface area contributed by atoms with Crippen LogP contribution in [-0.4, -0.2) is 31.7 Å². The lowest BCUT2D eigenvalue weighted by Gasteiger charge is -2.16. The Morgan fingerprint density at radius 3 is 2.35 bits per heavy atom. The van der Waals surface area contributed by atoms with Crippen molar-refractivity contribution in [3.8, 4) is 0 Å². The molecule has 4 nitrogen and oxygen atoms in total. The van der Waals surface area contributed by atoms with Crippen LogP contribution in [0.5, 0.6) is 0 Å². The molecule has 0 fully saturated rings. The number of hydrogen-bond acceptors (Lipinski definition) is 3. The molecule has 0 aliphatic heterocycles. The molecule has 2 aromatic carbocycles. The van der Waals surface area contributed by atoms with Crippen LogP contribution in [0.1, 0.15) is 33.2 Å². The number of aliphatic hydroxyl groups is 1. The first kappa shape index (κ1) is 17.0. The van der Waals surface area contributed by atoms with E-state index in [0.29, 0.717) is 5.56 Å². The zero-order valence-electron chi connectivity index (χ0n) is 14.1. The summed E-state index contributed by atoms with van der Waals surface area (Å²) in [5.41, 5.74) is 4.56. The summed E-state index contributed by atoms with van der Waals surface area (Å²) in [4.78, 5) is 14.2. The number of nitrogens with zero attached hydrogens (tertiary/aromatic N) is 1. The summed E-state index contributed by atoms with van der Waals surface area (Å²) in [6.07, 6.45) is -0.721. The van der Waals surface area contributed by atoms with Gasteiger partial charge in [0.1, 0.15) is 0 Å². The summed E-state index contributed by atoms with van der Waals surface area (Å²) in [5, 5.41) is 13.0. The van der Waals surface area contributed by atoms with Gasteiger partial charge < -0.3 is 15.3 Å². The first-order valence-corrected chi connectivity index (χ1v) is 7.69. The van der Waals surface area contributed by atoms with Gasteiger partial charge in [-0.3, -0.25) is 4.79 Å². The summed E-state index contributed by atoms with van der Waals surface area (Å²) >= 11 is 0. The van der Waals surface area contributed by atoms with E-state index >= 15 is 0 Å². The molecule has 1 atom stereocenters. The van der Waals surface area contributed by atoms with E-state index in [1.807, 2.05) is 75.3 Å². The molecule has 0 heterocycles. The van der Waals surface area contributed by atoms with Gasteiger partial charge in [0, 0.05) is 31.9 Å². The van der Waals surface area contributed by atoms with Crippen LogP contribution >= 0.6 is 0 Å². The summed E-state index contributed by atoms with van der Waals surface area (Å²) < 4.78 is 0. The van der Waals surface area contributed by atoms with Crippen LogP contribution in [0.2, 0.25) is 0 Å². The molecule has 4 heteroatoms. The van der Waals surface area contributed by atoms with Crippen molar-refractivity contribution in [2.45, 2.75) is 20.0 Å². The van der Waals surface area contributed by atoms with Gasteiger partial charge in [-0.25, -0.2) is 0 Å². The molecule has 23 heavy (non-hydrogen) atoms. The van der Waals surface area contributed by atoms with Crippen molar-refractivity contribution in [3.05, 3.63) is 64.7 Å². The number of aliphatic hydroxyl groups excluding tert-OH is 1. The molecule has 0 aliphatic carbocycles. The van der Waals surface area contributed by atoms with Crippen molar-refractivity contribution < 1.29 is 9.90 Å². The molecule has 0 spiro atoms. The van der Waals surface area contributed by atoms with Gasteiger partial charge in [-0.05, 0) is 43.2 Å². The summed E-state index contributed by atoms with van der Waals surface area (Å²) in [6.45, 7) is 4.10. The lowest BCUT2D eigenvalue weighted by Crippen LogP contribution is -2.29. The third-order valence-electron chi connectivity index (χ3n) is 3.88. The highest BCUT2D eigenvalue weighted by Crippen LogP contribution is 2.18. The van der Waals surface area contributed by atoms with Crippen LogP contribution in [0, 0.1) is 13.8 Å². The number of hydrogen-bond donors (Lipinski definition) is 2. The Morgan fingerprint density at radius 2 is 1.78 bits per heavy atom. The predicted octanol–water partition coefficient (Wildman–Crippen LogP) is 2.83. The smallest absolute Gasteiger partial charge is 0.251 e. The van der Waals surface area contributed by atoms with E-state index in [9.17, 15) is 9.90 Å². The normalized spacial score (nSPS) is 11.9. The SMILES string of the molecule is Cc1ccc(C(=O)NCC(O)c2ccc(N(C)C)cc2)c(C)c1. The molecule has 1 amide bonds. The first-order chi connectivity index (χ1) is 10.9. The highest BCUT2D eigenvalue weighted by atomic mass is 16.3. The van der Waals surface area contributed by atoms with Gasteiger partial charge in [0.25, 0.3) is 5.91 Å².